The zero-order valence-electron chi connectivity index (χ0n) is 9.93. The van der Waals surface area contributed by atoms with Gasteiger partial charge in [-0.1, -0.05) is 0 Å². The smallest absolute Gasteiger partial charge is 0.120 e. The van der Waals surface area contributed by atoms with E-state index in [2.05, 4.69) is 0 Å². The van der Waals surface area contributed by atoms with E-state index in [4.69, 9.17) is 20.9 Å². The van der Waals surface area contributed by atoms with Crippen LogP contribution in [0.5, 0.6) is 0 Å². The molecule has 0 fully saturated rings. The van der Waals surface area contributed by atoms with Gasteiger partial charge in [0.05, 0.1) is 13.2 Å². The first-order valence-electron chi connectivity index (χ1n) is 5.70. The monoisotopic (exact) mass is 234 g/mol. The van der Waals surface area contributed by atoms with Crippen LogP contribution in [-0.2, 0) is 9.47 Å². The summed E-state index contributed by atoms with van der Waals surface area (Å²) in [5, 5.41) is 0. The molecule has 0 heterocycles. The summed E-state index contributed by atoms with van der Waals surface area (Å²) in [4.78, 5) is 0. The van der Waals surface area contributed by atoms with Gasteiger partial charge in [-0.15, -0.1) is 0 Å². The second-order valence-electron chi connectivity index (χ2n) is 4.18. The van der Waals surface area contributed by atoms with Gasteiger partial charge in [0.15, 0.2) is 0 Å². The lowest BCUT2D eigenvalue weighted by Gasteiger charge is -2.25. The Morgan fingerprint density at radius 1 is 1.35 bits per heavy atom. The second-order valence-corrected chi connectivity index (χ2v) is 4.18. The second kappa shape index (κ2) is 5.10. The molecule has 4 heteroatoms. The van der Waals surface area contributed by atoms with Gasteiger partial charge in [0, 0.05) is 18.5 Å². The number of rotatable bonds is 3. The van der Waals surface area contributed by atoms with E-state index in [1.807, 2.05) is 30.4 Å². The minimum absolute atomic E-state index is 0.0268. The van der Waals surface area contributed by atoms with Gasteiger partial charge in [0.2, 0.25) is 0 Å². The topological polar surface area (TPSA) is 70.5 Å². The molecule has 0 amide bonds. The highest BCUT2D eigenvalue weighted by molar-refractivity contribution is 5.25. The Bertz CT molecular complexity index is 408. The van der Waals surface area contributed by atoms with Crippen molar-refractivity contribution in [3.05, 3.63) is 47.6 Å². The summed E-state index contributed by atoms with van der Waals surface area (Å²) in [5.41, 5.74) is 12.5. The number of allylic oxidation sites excluding steroid dienone is 3. The molecule has 92 valence electrons. The molecule has 17 heavy (non-hydrogen) atoms. The molecular weight excluding hydrogens is 216 g/mol. The van der Waals surface area contributed by atoms with E-state index >= 15 is 0 Å². The van der Waals surface area contributed by atoms with Gasteiger partial charge in [-0.05, 0) is 30.4 Å². The summed E-state index contributed by atoms with van der Waals surface area (Å²) < 4.78 is 11.0. The number of ether oxygens (including phenoxy) is 2. The van der Waals surface area contributed by atoms with Crippen LogP contribution in [0.3, 0.4) is 0 Å². The molecule has 0 spiro atoms. The summed E-state index contributed by atoms with van der Waals surface area (Å²) in [6, 6.07) is -0.138. The summed E-state index contributed by atoms with van der Waals surface area (Å²) in [6.07, 6.45) is 11.1. The van der Waals surface area contributed by atoms with Crippen molar-refractivity contribution in [3.63, 3.8) is 0 Å². The lowest BCUT2D eigenvalue weighted by atomic mass is 10.0. The van der Waals surface area contributed by atoms with Crippen LogP contribution in [0.1, 0.15) is 12.8 Å². The number of nitrogens with two attached hydrogens (primary N) is 2. The molecule has 0 radical (unpaired) electrons. The van der Waals surface area contributed by atoms with Gasteiger partial charge in [-0.3, -0.25) is 0 Å². The maximum atomic E-state index is 5.96. The Kier molecular flexibility index (Phi) is 3.54. The van der Waals surface area contributed by atoms with Crippen LogP contribution in [-0.4, -0.2) is 19.3 Å². The van der Waals surface area contributed by atoms with E-state index in [0.717, 1.165) is 23.6 Å². The Labute approximate surface area is 101 Å². The van der Waals surface area contributed by atoms with Crippen molar-refractivity contribution >= 4 is 0 Å². The molecule has 0 saturated heterocycles. The lowest BCUT2D eigenvalue weighted by molar-refractivity contribution is 0.137. The Morgan fingerprint density at radius 3 is 2.76 bits per heavy atom. The van der Waals surface area contributed by atoms with E-state index in [9.17, 15) is 0 Å². The third-order valence-corrected chi connectivity index (χ3v) is 2.83. The van der Waals surface area contributed by atoms with Gasteiger partial charge in [0.25, 0.3) is 0 Å². The van der Waals surface area contributed by atoms with Crippen molar-refractivity contribution in [1.29, 1.82) is 0 Å². The first-order valence-corrected chi connectivity index (χ1v) is 5.70. The molecule has 2 atom stereocenters. The van der Waals surface area contributed by atoms with Crippen LogP contribution in [0.2, 0.25) is 0 Å². The molecule has 2 rings (SSSR count). The fourth-order valence-corrected chi connectivity index (χ4v) is 1.86. The highest BCUT2D eigenvalue weighted by atomic mass is 16.5. The first kappa shape index (κ1) is 11.8. The predicted molar refractivity (Wildman–Crippen MR) is 66.7 cm³/mol. The van der Waals surface area contributed by atoms with Gasteiger partial charge < -0.3 is 20.9 Å². The highest BCUT2D eigenvalue weighted by Crippen LogP contribution is 2.21. The minimum Gasteiger partial charge on any atom is -0.497 e. The molecular formula is C13H18N2O2. The predicted octanol–water partition coefficient (Wildman–Crippen LogP) is 1.32. The van der Waals surface area contributed by atoms with Crippen molar-refractivity contribution < 1.29 is 9.47 Å². The summed E-state index contributed by atoms with van der Waals surface area (Å²) in [7, 11) is 1.66. The SMILES string of the molecule is COC1=CCC(OC2=CC=C(N)CC2N)C=C1. The molecule has 0 aromatic rings. The molecule has 0 saturated carbocycles. The van der Waals surface area contributed by atoms with Gasteiger partial charge in [-0.2, -0.15) is 0 Å². The van der Waals surface area contributed by atoms with Crippen LogP contribution < -0.4 is 11.5 Å². The summed E-state index contributed by atoms with van der Waals surface area (Å²) in [6.45, 7) is 0. The molecule has 4 nitrogen and oxygen atoms in total. The van der Waals surface area contributed by atoms with E-state index < -0.39 is 0 Å². The van der Waals surface area contributed by atoms with Crippen LogP contribution >= 0.6 is 0 Å². The number of hydrogen-bond donors (Lipinski definition) is 2. The minimum atomic E-state index is -0.138. The third kappa shape index (κ3) is 2.91. The molecule has 2 aliphatic carbocycles. The van der Waals surface area contributed by atoms with Crippen molar-refractivity contribution in [3.8, 4) is 0 Å². The van der Waals surface area contributed by atoms with Crippen LogP contribution in [0, 0.1) is 0 Å². The lowest BCUT2D eigenvalue weighted by Crippen LogP contribution is -2.30. The van der Waals surface area contributed by atoms with E-state index in [0.29, 0.717) is 6.42 Å². The van der Waals surface area contributed by atoms with Crippen LogP contribution in [0.15, 0.2) is 47.6 Å². The van der Waals surface area contributed by atoms with Crippen molar-refractivity contribution in [2.45, 2.75) is 25.0 Å². The van der Waals surface area contributed by atoms with Crippen molar-refractivity contribution in [2.75, 3.05) is 7.11 Å². The number of methoxy groups -OCH3 is 1. The third-order valence-electron chi connectivity index (χ3n) is 2.83. The Hall–Kier alpha value is -1.68. The molecule has 0 aromatic heterocycles. The fourth-order valence-electron chi connectivity index (χ4n) is 1.86. The van der Waals surface area contributed by atoms with Crippen LogP contribution in [0.4, 0.5) is 0 Å². The number of hydrogen-bond acceptors (Lipinski definition) is 4. The maximum Gasteiger partial charge on any atom is 0.120 e. The quantitative estimate of drug-likeness (QED) is 0.772. The zero-order valence-corrected chi connectivity index (χ0v) is 9.93. The van der Waals surface area contributed by atoms with Crippen LogP contribution in [0.25, 0.3) is 0 Å². The summed E-state index contributed by atoms with van der Waals surface area (Å²) in [5.74, 6) is 1.67. The molecule has 2 aliphatic rings. The van der Waals surface area contributed by atoms with E-state index in [-0.39, 0.29) is 12.1 Å². The fraction of sp³-hybridized carbons (Fsp3) is 0.385. The average Bonchev–Trinajstić information content (AvgIpc) is 2.34. The van der Waals surface area contributed by atoms with Crippen molar-refractivity contribution in [1.82, 2.24) is 0 Å². The zero-order chi connectivity index (χ0) is 12.3. The Balaban J connectivity index is 1.95. The summed E-state index contributed by atoms with van der Waals surface area (Å²) >= 11 is 0. The molecule has 0 aliphatic heterocycles. The van der Waals surface area contributed by atoms with Gasteiger partial charge in [-0.25, -0.2) is 0 Å². The van der Waals surface area contributed by atoms with Gasteiger partial charge in [0.1, 0.15) is 17.6 Å². The highest BCUT2D eigenvalue weighted by Gasteiger charge is 2.19. The largest absolute Gasteiger partial charge is 0.497 e. The molecule has 0 bridgehead atoms. The molecule has 4 N–H and O–H groups in total. The first-order chi connectivity index (χ1) is 8.19. The van der Waals surface area contributed by atoms with E-state index in [1.54, 1.807) is 7.11 Å². The molecule has 0 aromatic carbocycles. The average molecular weight is 234 g/mol. The standard InChI is InChI=1S/C13H18N2O2/c1-16-10-3-5-11(6-4-10)17-13-7-2-9(14)8-12(13)15/h2-5,7,11-12H,6,8,14-15H2,1H3. The van der Waals surface area contributed by atoms with Crippen molar-refractivity contribution in [2.24, 2.45) is 11.5 Å². The Morgan fingerprint density at radius 2 is 2.18 bits per heavy atom. The normalized spacial score (nSPS) is 28.0. The van der Waals surface area contributed by atoms with Gasteiger partial charge >= 0.3 is 0 Å². The van der Waals surface area contributed by atoms with E-state index in [1.165, 1.54) is 0 Å². The maximum absolute atomic E-state index is 5.96. The molecule has 2 unspecified atom stereocenters.